The highest BCUT2D eigenvalue weighted by Crippen LogP contribution is 2.07. The summed E-state index contributed by atoms with van der Waals surface area (Å²) in [6.07, 6.45) is 5.87. The number of rotatable bonds is 5. The molecule has 0 spiro atoms. The maximum Gasteiger partial charge on any atom is 0.146 e. The second kappa shape index (κ2) is 5.96. The van der Waals surface area contributed by atoms with E-state index in [2.05, 4.69) is 20.4 Å². The lowest BCUT2D eigenvalue weighted by Crippen LogP contribution is -2.35. The number of piperidine rings is 1. The van der Waals surface area contributed by atoms with Gasteiger partial charge in [-0.2, -0.15) is 0 Å². The SMILES string of the molecule is Cn1cnnc1CNCCN1CCCCC1. The van der Waals surface area contributed by atoms with Crippen molar-refractivity contribution in [1.29, 1.82) is 0 Å². The summed E-state index contributed by atoms with van der Waals surface area (Å²) < 4.78 is 1.95. The number of nitrogens with zero attached hydrogens (tertiary/aromatic N) is 4. The van der Waals surface area contributed by atoms with E-state index in [-0.39, 0.29) is 0 Å². The molecule has 0 radical (unpaired) electrons. The third-order valence-corrected chi connectivity index (χ3v) is 3.14. The van der Waals surface area contributed by atoms with Gasteiger partial charge in [-0.25, -0.2) is 0 Å². The zero-order valence-electron chi connectivity index (χ0n) is 10.0. The van der Waals surface area contributed by atoms with Crippen molar-refractivity contribution in [3.63, 3.8) is 0 Å². The predicted molar refractivity (Wildman–Crippen MR) is 63.0 cm³/mol. The lowest BCUT2D eigenvalue weighted by atomic mass is 10.1. The van der Waals surface area contributed by atoms with Gasteiger partial charge in [0.1, 0.15) is 12.2 Å². The number of nitrogens with one attached hydrogen (secondary N) is 1. The number of hydrogen-bond donors (Lipinski definition) is 1. The Morgan fingerprint density at radius 2 is 2.12 bits per heavy atom. The van der Waals surface area contributed by atoms with Crippen molar-refractivity contribution in [2.75, 3.05) is 26.2 Å². The molecule has 0 unspecified atom stereocenters. The molecule has 1 fully saturated rings. The van der Waals surface area contributed by atoms with E-state index < -0.39 is 0 Å². The van der Waals surface area contributed by atoms with E-state index in [1.54, 1.807) is 6.33 Å². The number of aromatic nitrogens is 3. The highest BCUT2D eigenvalue weighted by atomic mass is 15.3. The molecule has 0 saturated carbocycles. The smallest absolute Gasteiger partial charge is 0.146 e. The highest BCUT2D eigenvalue weighted by Gasteiger charge is 2.08. The topological polar surface area (TPSA) is 46.0 Å². The van der Waals surface area contributed by atoms with E-state index in [0.29, 0.717) is 0 Å². The molecular weight excluding hydrogens is 202 g/mol. The minimum absolute atomic E-state index is 0.810. The molecule has 2 rings (SSSR count). The Kier molecular flexibility index (Phi) is 4.30. The van der Waals surface area contributed by atoms with Crippen LogP contribution in [0.3, 0.4) is 0 Å². The molecule has 0 amide bonds. The van der Waals surface area contributed by atoms with Gasteiger partial charge in [0, 0.05) is 20.1 Å². The summed E-state index contributed by atoms with van der Waals surface area (Å²) in [5, 5.41) is 11.3. The molecule has 1 N–H and O–H groups in total. The first kappa shape index (κ1) is 11.5. The van der Waals surface area contributed by atoms with Crippen LogP contribution in [0.5, 0.6) is 0 Å². The van der Waals surface area contributed by atoms with Crippen molar-refractivity contribution in [3.05, 3.63) is 12.2 Å². The van der Waals surface area contributed by atoms with Gasteiger partial charge < -0.3 is 14.8 Å². The summed E-state index contributed by atoms with van der Waals surface area (Å²) in [4.78, 5) is 2.53. The minimum atomic E-state index is 0.810. The Morgan fingerprint density at radius 1 is 1.31 bits per heavy atom. The quantitative estimate of drug-likeness (QED) is 0.734. The van der Waals surface area contributed by atoms with Gasteiger partial charge in [-0.3, -0.25) is 0 Å². The first-order valence-corrected chi connectivity index (χ1v) is 6.12. The van der Waals surface area contributed by atoms with Gasteiger partial charge in [-0.05, 0) is 25.9 Å². The second-order valence-corrected chi connectivity index (χ2v) is 4.44. The van der Waals surface area contributed by atoms with Crippen molar-refractivity contribution in [2.24, 2.45) is 7.05 Å². The maximum absolute atomic E-state index is 4.04. The van der Waals surface area contributed by atoms with Crippen LogP contribution >= 0.6 is 0 Å². The van der Waals surface area contributed by atoms with Gasteiger partial charge in [0.2, 0.25) is 0 Å². The minimum Gasteiger partial charge on any atom is -0.320 e. The Hall–Kier alpha value is -0.940. The molecule has 2 heterocycles. The first-order valence-electron chi connectivity index (χ1n) is 6.12. The third-order valence-electron chi connectivity index (χ3n) is 3.14. The molecule has 1 aliphatic heterocycles. The summed E-state index contributed by atoms with van der Waals surface area (Å²) in [7, 11) is 1.97. The van der Waals surface area contributed by atoms with Crippen molar-refractivity contribution >= 4 is 0 Å². The average Bonchev–Trinajstić information content (AvgIpc) is 2.72. The van der Waals surface area contributed by atoms with Crippen molar-refractivity contribution in [1.82, 2.24) is 25.0 Å². The lowest BCUT2D eigenvalue weighted by Gasteiger charge is -2.26. The Morgan fingerprint density at radius 3 is 2.81 bits per heavy atom. The molecule has 0 bridgehead atoms. The molecule has 1 aromatic rings. The molecule has 0 aromatic carbocycles. The highest BCUT2D eigenvalue weighted by molar-refractivity contribution is 4.83. The number of hydrogen-bond acceptors (Lipinski definition) is 4. The summed E-state index contributed by atoms with van der Waals surface area (Å²) in [5.41, 5.74) is 0. The van der Waals surface area contributed by atoms with Crippen LogP contribution in [0, 0.1) is 0 Å². The Balaban J connectivity index is 1.59. The van der Waals surface area contributed by atoms with Crippen molar-refractivity contribution in [3.8, 4) is 0 Å². The summed E-state index contributed by atoms with van der Waals surface area (Å²) in [6.45, 7) is 5.53. The van der Waals surface area contributed by atoms with Crippen molar-refractivity contribution < 1.29 is 0 Å². The average molecular weight is 223 g/mol. The van der Waals surface area contributed by atoms with Gasteiger partial charge in [0.15, 0.2) is 0 Å². The second-order valence-electron chi connectivity index (χ2n) is 4.44. The van der Waals surface area contributed by atoms with Crippen LogP contribution in [0.15, 0.2) is 6.33 Å². The van der Waals surface area contributed by atoms with Crippen molar-refractivity contribution in [2.45, 2.75) is 25.8 Å². The molecule has 1 saturated heterocycles. The van der Waals surface area contributed by atoms with E-state index in [1.807, 2.05) is 11.6 Å². The van der Waals surface area contributed by atoms with Crippen LogP contribution in [-0.4, -0.2) is 45.8 Å². The van der Waals surface area contributed by atoms with E-state index in [4.69, 9.17) is 0 Å². The van der Waals surface area contributed by atoms with Crippen LogP contribution in [-0.2, 0) is 13.6 Å². The fourth-order valence-corrected chi connectivity index (χ4v) is 2.09. The van der Waals surface area contributed by atoms with Gasteiger partial charge in [0.25, 0.3) is 0 Å². The molecular formula is C11H21N5. The van der Waals surface area contributed by atoms with Gasteiger partial charge in [-0.1, -0.05) is 6.42 Å². The predicted octanol–water partition coefficient (Wildman–Crippen LogP) is 0.391. The van der Waals surface area contributed by atoms with Crippen LogP contribution < -0.4 is 5.32 Å². The van der Waals surface area contributed by atoms with Crippen LogP contribution in [0.4, 0.5) is 0 Å². The van der Waals surface area contributed by atoms with Crippen LogP contribution in [0.25, 0.3) is 0 Å². The van der Waals surface area contributed by atoms with E-state index in [1.165, 1.54) is 32.4 Å². The Labute approximate surface area is 96.8 Å². The summed E-state index contributed by atoms with van der Waals surface area (Å²) >= 11 is 0. The largest absolute Gasteiger partial charge is 0.320 e. The normalized spacial score (nSPS) is 17.8. The third kappa shape index (κ3) is 3.28. The molecule has 1 aliphatic rings. The van der Waals surface area contributed by atoms with E-state index in [0.717, 1.165) is 25.5 Å². The van der Waals surface area contributed by atoms with E-state index in [9.17, 15) is 0 Å². The fourth-order valence-electron chi connectivity index (χ4n) is 2.09. The molecule has 90 valence electrons. The monoisotopic (exact) mass is 223 g/mol. The Bertz CT molecular complexity index is 303. The summed E-state index contributed by atoms with van der Waals surface area (Å²) in [5.74, 6) is 0.999. The molecule has 5 nitrogen and oxygen atoms in total. The first-order chi connectivity index (χ1) is 7.86. The van der Waals surface area contributed by atoms with Crippen LogP contribution in [0.2, 0.25) is 0 Å². The molecule has 1 aromatic heterocycles. The maximum atomic E-state index is 4.04. The van der Waals surface area contributed by atoms with Crippen LogP contribution in [0.1, 0.15) is 25.1 Å². The fraction of sp³-hybridized carbons (Fsp3) is 0.818. The standard InChI is InChI=1S/C11H21N5/c1-15-10-13-14-11(15)9-12-5-8-16-6-3-2-4-7-16/h10,12H,2-9H2,1H3. The van der Waals surface area contributed by atoms with Gasteiger partial charge >= 0.3 is 0 Å². The zero-order valence-corrected chi connectivity index (χ0v) is 10.0. The number of aryl methyl sites for hydroxylation is 1. The van der Waals surface area contributed by atoms with E-state index >= 15 is 0 Å². The lowest BCUT2D eigenvalue weighted by molar-refractivity contribution is 0.228. The summed E-state index contributed by atoms with van der Waals surface area (Å²) in [6, 6.07) is 0. The molecule has 0 atom stereocenters. The molecule has 16 heavy (non-hydrogen) atoms. The zero-order chi connectivity index (χ0) is 11.2. The number of likely N-dealkylation sites (tertiary alicyclic amines) is 1. The molecule has 0 aliphatic carbocycles. The molecule has 5 heteroatoms. The van der Waals surface area contributed by atoms with Gasteiger partial charge in [-0.15, -0.1) is 10.2 Å². The van der Waals surface area contributed by atoms with Gasteiger partial charge in [0.05, 0.1) is 6.54 Å².